The summed E-state index contributed by atoms with van der Waals surface area (Å²) >= 11 is 0. The number of fused-ring (bicyclic) bond motifs is 1. The maximum absolute atomic E-state index is 12.2. The van der Waals surface area contributed by atoms with Crippen LogP contribution in [0.15, 0.2) is 55.2 Å². The Labute approximate surface area is 174 Å². The molecular formula is C22H23N7O. The van der Waals surface area contributed by atoms with Crippen LogP contribution >= 0.6 is 0 Å². The lowest BCUT2D eigenvalue weighted by Crippen LogP contribution is -2.18. The molecule has 3 aromatic heterocycles. The molecule has 4 rings (SSSR count). The van der Waals surface area contributed by atoms with E-state index >= 15 is 0 Å². The zero-order chi connectivity index (χ0) is 21.1. The second-order valence-electron chi connectivity index (χ2n) is 7.15. The van der Waals surface area contributed by atoms with Crippen LogP contribution in [0.3, 0.4) is 0 Å². The van der Waals surface area contributed by atoms with Gasteiger partial charge in [-0.3, -0.25) is 14.5 Å². The average Bonchev–Trinajstić information content (AvgIpc) is 3.22. The smallest absolute Gasteiger partial charge is 0.251 e. The van der Waals surface area contributed by atoms with Crippen molar-refractivity contribution in [3.63, 3.8) is 0 Å². The maximum Gasteiger partial charge on any atom is 0.251 e. The second-order valence-corrected chi connectivity index (χ2v) is 7.15. The fourth-order valence-electron chi connectivity index (χ4n) is 3.46. The van der Waals surface area contributed by atoms with E-state index < -0.39 is 0 Å². The Balaban J connectivity index is 1.56. The Kier molecular flexibility index (Phi) is 5.38. The quantitative estimate of drug-likeness (QED) is 0.515. The Morgan fingerprint density at radius 1 is 1.20 bits per heavy atom. The number of anilines is 1. The number of nitrogens with zero attached hydrogens (tertiary/aromatic N) is 5. The van der Waals surface area contributed by atoms with Crippen molar-refractivity contribution in [3.05, 3.63) is 66.4 Å². The van der Waals surface area contributed by atoms with E-state index in [2.05, 4.69) is 43.7 Å². The summed E-state index contributed by atoms with van der Waals surface area (Å²) in [7, 11) is 3.51. The van der Waals surface area contributed by atoms with E-state index in [-0.39, 0.29) is 11.8 Å². The number of amides is 1. The molecule has 4 aromatic rings. The van der Waals surface area contributed by atoms with Crippen molar-refractivity contribution in [3.8, 4) is 11.3 Å². The molecule has 0 aliphatic carbocycles. The number of pyridine rings is 1. The Morgan fingerprint density at radius 2 is 2.07 bits per heavy atom. The first-order valence-electron chi connectivity index (χ1n) is 9.71. The zero-order valence-electron chi connectivity index (χ0n) is 17.1. The highest BCUT2D eigenvalue weighted by atomic mass is 16.1. The summed E-state index contributed by atoms with van der Waals surface area (Å²) in [5, 5.41) is 11.1. The van der Waals surface area contributed by atoms with Gasteiger partial charge in [-0.25, -0.2) is 9.97 Å². The fraction of sp³-hybridized carbons (Fsp3) is 0.227. The van der Waals surface area contributed by atoms with Crippen LogP contribution in [-0.4, -0.2) is 44.2 Å². The summed E-state index contributed by atoms with van der Waals surface area (Å²) in [5.74, 6) is 0.780. The van der Waals surface area contributed by atoms with E-state index in [0.29, 0.717) is 12.1 Å². The molecule has 0 saturated carbocycles. The van der Waals surface area contributed by atoms with Gasteiger partial charge < -0.3 is 10.6 Å². The predicted molar refractivity (Wildman–Crippen MR) is 116 cm³/mol. The third-order valence-electron chi connectivity index (χ3n) is 5.06. The van der Waals surface area contributed by atoms with E-state index in [1.165, 1.54) is 0 Å². The van der Waals surface area contributed by atoms with Crippen LogP contribution < -0.4 is 10.6 Å². The predicted octanol–water partition coefficient (Wildman–Crippen LogP) is 3.00. The van der Waals surface area contributed by atoms with Crippen LogP contribution in [0.4, 0.5) is 5.82 Å². The lowest BCUT2D eigenvalue weighted by atomic mass is 9.96. The SMILES string of the molecule is CNC(=O)c1ccnc2c([C@H](C)CNc3cc(-c4cnn(C)c4)ncn3)cccc12. The first kappa shape index (κ1) is 19.5. The monoisotopic (exact) mass is 401 g/mol. The normalized spacial score (nSPS) is 12.0. The summed E-state index contributed by atoms with van der Waals surface area (Å²) in [4.78, 5) is 25.4. The molecular weight excluding hydrogens is 378 g/mol. The highest BCUT2D eigenvalue weighted by Gasteiger charge is 2.15. The van der Waals surface area contributed by atoms with Gasteiger partial charge in [-0.2, -0.15) is 5.10 Å². The number of hydrogen-bond acceptors (Lipinski definition) is 6. The summed E-state index contributed by atoms with van der Waals surface area (Å²) < 4.78 is 1.74. The number of benzene rings is 1. The van der Waals surface area contributed by atoms with Crippen molar-refractivity contribution in [2.75, 3.05) is 18.9 Å². The van der Waals surface area contributed by atoms with Crippen LogP contribution in [0.2, 0.25) is 0 Å². The van der Waals surface area contributed by atoms with Crippen LogP contribution in [0.25, 0.3) is 22.2 Å². The van der Waals surface area contributed by atoms with Gasteiger partial charge >= 0.3 is 0 Å². The summed E-state index contributed by atoms with van der Waals surface area (Å²) in [6.07, 6.45) is 6.92. The molecule has 0 saturated heterocycles. The number of rotatable bonds is 6. The molecule has 8 heteroatoms. The van der Waals surface area contributed by atoms with Crippen molar-refractivity contribution < 1.29 is 4.79 Å². The van der Waals surface area contributed by atoms with Crippen LogP contribution in [0.5, 0.6) is 0 Å². The first-order valence-corrected chi connectivity index (χ1v) is 9.71. The number of para-hydroxylation sites is 1. The third-order valence-corrected chi connectivity index (χ3v) is 5.06. The van der Waals surface area contributed by atoms with Gasteiger partial charge in [-0.1, -0.05) is 25.1 Å². The second kappa shape index (κ2) is 8.28. The molecule has 0 spiro atoms. The molecule has 0 fully saturated rings. The first-order chi connectivity index (χ1) is 14.6. The molecule has 1 amide bonds. The van der Waals surface area contributed by atoms with Gasteiger partial charge in [0.25, 0.3) is 5.91 Å². The summed E-state index contributed by atoms with van der Waals surface area (Å²) in [6, 6.07) is 9.61. The third kappa shape index (κ3) is 3.84. The van der Waals surface area contributed by atoms with Gasteiger partial charge in [-0.15, -0.1) is 0 Å². The molecule has 3 heterocycles. The van der Waals surface area contributed by atoms with Crippen molar-refractivity contribution in [2.24, 2.45) is 7.05 Å². The maximum atomic E-state index is 12.2. The molecule has 0 aliphatic heterocycles. The zero-order valence-corrected chi connectivity index (χ0v) is 17.1. The van der Waals surface area contributed by atoms with E-state index in [1.807, 2.05) is 31.4 Å². The Morgan fingerprint density at radius 3 is 2.83 bits per heavy atom. The van der Waals surface area contributed by atoms with Gasteiger partial charge in [0.15, 0.2) is 0 Å². The number of aromatic nitrogens is 5. The molecule has 152 valence electrons. The van der Waals surface area contributed by atoms with Gasteiger partial charge in [0, 0.05) is 56.0 Å². The van der Waals surface area contributed by atoms with E-state index in [1.54, 1.807) is 36.5 Å². The highest BCUT2D eigenvalue weighted by Crippen LogP contribution is 2.27. The minimum absolute atomic E-state index is 0.116. The standard InChI is InChI=1S/C22H23N7O/c1-14(10-25-20-9-19(26-13-27-20)15-11-28-29(3)12-15)16-5-4-6-17-18(22(30)23-2)7-8-24-21(16)17/h4-9,11-14H,10H2,1-3H3,(H,23,30)(H,25,26,27)/t14-/m1/s1. The largest absolute Gasteiger partial charge is 0.369 e. The molecule has 0 aliphatic rings. The molecule has 1 atom stereocenters. The number of hydrogen-bond donors (Lipinski definition) is 2. The number of aryl methyl sites for hydroxylation is 1. The van der Waals surface area contributed by atoms with Gasteiger partial charge in [0.05, 0.1) is 23.0 Å². The molecule has 30 heavy (non-hydrogen) atoms. The Hall–Kier alpha value is -3.81. The van der Waals surface area contributed by atoms with Crippen LogP contribution in [-0.2, 0) is 7.05 Å². The van der Waals surface area contributed by atoms with Crippen LogP contribution in [0, 0.1) is 0 Å². The number of carbonyl (C=O) groups excluding carboxylic acids is 1. The molecule has 2 N–H and O–H groups in total. The molecule has 0 radical (unpaired) electrons. The van der Waals surface area contributed by atoms with Gasteiger partial charge in [-0.05, 0) is 11.6 Å². The van der Waals surface area contributed by atoms with E-state index in [0.717, 1.165) is 33.5 Å². The lowest BCUT2D eigenvalue weighted by Gasteiger charge is -2.16. The van der Waals surface area contributed by atoms with Crippen molar-refractivity contribution in [2.45, 2.75) is 12.8 Å². The number of carbonyl (C=O) groups is 1. The van der Waals surface area contributed by atoms with Crippen molar-refractivity contribution in [1.82, 2.24) is 30.0 Å². The highest BCUT2D eigenvalue weighted by molar-refractivity contribution is 6.06. The molecule has 1 aromatic carbocycles. The molecule has 0 bridgehead atoms. The van der Waals surface area contributed by atoms with Crippen LogP contribution in [0.1, 0.15) is 28.8 Å². The Bertz CT molecular complexity index is 1200. The topological polar surface area (TPSA) is 97.6 Å². The van der Waals surface area contributed by atoms with E-state index in [9.17, 15) is 4.79 Å². The van der Waals surface area contributed by atoms with E-state index in [4.69, 9.17) is 0 Å². The lowest BCUT2D eigenvalue weighted by molar-refractivity contribution is 0.0964. The summed E-state index contributed by atoms with van der Waals surface area (Å²) in [5.41, 5.74) is 4.30. The summed E-state index contributed by atoms with van der Waals surface area (Å²) in [6.45, 7) is 2.79. The van der Waals surface area contributed by atoms with Crippen molar-refractivity contribution >= 4 is 22.6 Å². The molecule has 8 nitrogen and oxygen atoms in total. The van der Waals surface area contributed by atoms with Gasteiger partial charge in [0.2, 0.25) is 0 Å². The average molecular weight is 401 g/mol. The fourth-order valence-corrected chi connectivity index (χ4v) is 3.46. The minimum atomic E-state index is -0.116. The van der Waals surface area contributed by atoms with Gasteiger partial charge in [0.1, 0.15) is 12.1 Å². The minimum Gasteiger partial charge on any atom is -0.369 e. The number of nitrogens with one attached hydrogen (secondary N) is 2. The van der Waals surface area contributed by atoms with Crippen molar-refractivity contribution in [1.29, 1.82) is 0 Å². The molecule has 0 unspecified atom stereocenters.